The maximum atomic E-state index is 8.89. The molecule has 0 aliphatic rings. The molecule has 0 bridgehead atoms. The van der Waals surface area contributed by atoms with E-state index in [2.05, 4.69) is 98.8 Å². The normalized spacial score (nSPS) is 10.3. The molecule has 134 valence electrons. The second-order valence-electron chi connectivity index (χ2n) is 6.15. The van der Waals surface area contributed by atoms with Crippen LogP contribution in [0.3, 0.4) is 0 Å². The third-order valence-electron chi connectivity index (χ3n) is 3.74. The largest absolute Gasteiger partial charge is 0.550 e. The van der Waals surface area contributed by atoms with E-state index in [1.165, 1.54) is 20.2 Å². The van der Waals surface area contributed by atoms with Crippen molar-refractivity contribution in [2.24, 2.45) is 0 Å². The van der Waals surface area contributed by atoms with Crippen LogP contribution in [0.4, 0.5) is 0 Å². The number of benzene rings is 3. The predicted octanol–water partition coefficient (Wildman–Crippen LogP) is 4.66. The zero-order valence-corrected chi connectivity index (χ0v) is 16.2. The fraction of sp³-hybridized carbons (Fsp3) is 0.174. The van der Waals surface area contributed by atoms with Gasteiger partial charge in [-0.15, -0.1) is 0 Å². The molecule has 0 fully saturated rings. The summed E-state index contributed by atoms with van der Waals surface area (Å²) in [5.74, 6) is -0.510. The minimum atomic E-state index is -1.08. The van der Waals surface area contributed by atoms with E-state index in [1.807, 2.05) is 0 Å². The number of aliphatic carboxylic acids is 1. The van der Waals surface area contributed by atoms with Gasteiger partial charge in [0.25, 0.3) is 0 Å². The summed E-state index contributed by atoms with van der Waals surface area (Å²) in [6.45, 7) is 5.45. The molecule has 0 saturated carbocycles. The Balaban J connectivity index is 0.000000552. The lowest BCUT2D eigenvalue weighted by Crippen LogP contribution is -2.16. The van der Waals surface area contributed by atoms with Crippen molar-refractivity contribution >= 4 is 16.9 Å². The van der Waals surface area contributed by atoms with Crippen LogP contribution in [0.1, 0.15) is 32.3 Å². The topological polar surface area (TPSA) is 40.1 Å². The number of carboxylic acids is 1. The fourth-order valence-corrected chi connectivity index (χ4v) is 4.59. The highest BCUT2D eigenvalue weighted by atomic mass is 32.2. The molecule has 2 nitrogen and oxygen atoms in total. The number of carbonyl (C=O) groups excluding carboxylic acids is 1. The molecule has 0 heterocycles. The third-order valence-corrected chi connectivity index (χ3v) is 5.97. The Hall–Kier alpha value is -2.52. The molecule has 0 N–H and O–H groups in total. The minimum absolute atomic E-state index is 0.0361. The maximum absolute atomic E-state index is 8.89. The fourth-order valence-electron chi connectivity index (χ4n) is 2.51. The first-order valence-corrected chi connectivity index (χ1v) is 9.83. The molecule has 3 heteroatoms. The third kappa shape index (κ3) is 5.78. The van der Waals surface area contributed by atoms with Crippen molar-refractivity contribution in [2.75, 3.05) is 0 Å². The SMILES string of the molecule is CC(=O)[O-].CC(C)c1ccc([S+](c2ccccc2)c2ccccc2)cc1. The molecule has 0 saturated heterocycles. The van der Waals surface area contributed by atoms with E-state index in [0.29, 0.717) is 5.92 Å². The van der Waals surface area contributed by atoms with Crippen molar-refractivity contribution in [1.29, 1.82) is 0 Å². The van der Waals surface area contributed by atoms with Gasteiger partial charge in [0.05, 0.1) is 10.9 Å². The summed E-state index contributed by atoms with van der Waals surface area (Å²) in [6, 6.07) is 30.7. The van der Waals surface area contributed by atoms with Crippen LogP contribution in [0.5, 0.6) is 0 Å². The summed E-state index contributed by atoms with van der Waals surface area (Å²) in [7, 11) is -0.0361. The van der Waals surface area contributed by atoms with Gasteiger partial charge in [0, 0.05) is 5.97 Å². The number of hydrogen-bond acceptors (Lipinski definition) is 2. The van der Waals surface area contributed by atoms with Gasteiger partial charge in [-0.05, 0) is 54.8 Å². The maximum Gasteiger partial charge on any atom is 0.166 e. The standard InChI is InChI=1S/C21H21S.C2H4O2/c1-17(2)18-13-15-21(16-14-18)22(19-9-5-3-6-10-19)20-11-7-4-8-12-20;1-2(3)4/h3-17H,1-2H3;1H3,(H,3,4)/q+1;/p-1. The lowest BCUT2D eigenvalue weighted by Gasteiger charge is -2.09. The Labute approximate surface area is 158 Å². The number of hydrogen-bond donors (Lipinski definition) is 0. The van der Waals surface area contributed by atoms with E-state index >= 15 is 0 Å². The Morgan fingerprint density at radius 1 is 0.731 bits per heavy atom. The molecule has 0 aliphatic carbocycles. The number of carboxylic acid groups (broad SMARTS) is 1. The number of rotatable bonds is 4. The highest BCUT2D eigenvalue weighted by Gasteiger charge is 2.28. The van der Waals surface area contributed by atoms with Crippen molar-refractivity contribution < 1.29 is 9.90 Å². The zero-order chi connectivity index (χ0) is 18.9. The summed E-state index contributed by atoms with van der Waals surface area (Å²) < 4.78 is 0. The first kappa shape index (κ1) is 19.8. The molecular formula is C23H24O2S. The van der Waals surface area contributed by atoms with E-state index in [0.717, 1.165) is 6.92 Å². The van der Waals surface area contributed by atoms with Crippen molar-refractivity contribution in [3.63, 3.8) is 0 Å². The van der Waals surface area contributed by atoms with Crippen LogP contribution in [0.2, 0.25) is 0 Å². The average molecular weight is 365 g/mol. The lowest BCUT2D eigenvalue weighted by molar-refractivity contribution is -0.302. The highest BCUT2D eigenvalue weighted by Crippen LogP contribution is 2.31. The van der Waals surface area contributed by atoms with E-state index in [1.54, 1.807) is 0 Å². The van der Waals surface area contributed by atoms with Crippen LogP contribution in [0.25, 0.3) is 0 Å². The van der Waals surface area contributed by atoms with Crippen molar-refractivity contribution in [3.05, 3.63) is 90.5 Å². The highest BCUT2D eigenvalue weighted by molar-refractivity contribution is 7.97. The average Bonchev–Trinajstić information content (AvgIpc) is 2.64. The van der Waals surface area contributed by atoms with Gasteiger partial charge in [0.1, 0.15) is 0 Å². The van der Waals surface area contributed by atoms with Crippen LogP contribution >= 0.6 is 0 Å². The second kappa shape index (κ2) is 9.83. The second-order valence-corrected chi connectivity index (χ2v) is 8.17. The molecule has 3 rings (SSSR count). The summed E-state index contributed by atoms with van der Waals surface area (Å²) in [4.78, 5) is 13.0. The zero-order valence-electron chi connectivity index (χ0n) is 15.4. The quantitative estimate of drug-likeness (QED) is 0.632. The molecular weight excluding hydrogens is 340 g/mol. The summed E-state index contributed by atoms with van der Waals surface area (Å²) >= 11 is 0. The van der Waals surface area contributed by atoms with Gasteiger partial charge in [0.2, 0.25) is 0 Å². The molecule has 0 aromatic heterocycles. The van der Waals surface area contributed by atoms with Gasteiger partial charge in [-0.2, -0.15) is 0 Å². The van der Waals surface area contributed by atoms with Gasteiger partial charge in [-0.1, -0.05) is 62.4 Å². The van der Waals surface area contributed by atoms with Gasteiger partial charge in [0.15, 0.2) is 14.7 Å². The van der Waals surface area contributed by atoms with Crippen LogP contribution in [0, 0.1) is 0 Å². The molecule has 0 atom stereocenters. The van der Waals surface area contributed by atoms with Crippen molar-refractivity contribution in [2.45, 2.75) is 41.4 Å². The molecule has 0 unspecified atom stereocenters. The Morgan fingerprint density at radius 2 is 1.08 bits per heavy atom. The summed E-state index contributed by atoms with van der Waals surface area (Å²) in [6.07, 6.45) is 0. The first-order valence-electron chi connectivity index (χ1n) is 8.61. The first-order chi connectivity index (χ1) is 12.5. The molecule has 0 spiro atoms. The molecule has 0 amide bonds. The molecule has 3 aromatic carbocycles. The predicted molar refractivity (Wildman–Crippen MR) is 106 cm³/mol. The van der Waals surface area contributed by atoms with Gasteiger partial charge in [-0.3, -0.25) is 0 Å². The van der Waals surface area contributed by atoms with E-state index in [9.17, 15) is 0 Å². The summed E-state index contributed by atoms with van der Waals surface area (Å²) in [5.41, 5.74) is 1.40. The van der Waals surface area contributed by atoms with Gasteiger partial charge in [-0.25, -0.2) is 0 Å². The Kier molecular flexibility index (Phi) is 7.49. The van der Waals surface area contributed by atoms with E-state index in [4.69, 9.17) is 9.90 Å². The van der Waals surface area contributed by atoms with Crippen LogP contribution in [-0.2, 0) is 15.7 Å². The minimum Gasteiger partial charge on any atom is -0.550 e. The van der Waals surface area contributed by atoms with Crippen LogP contribution < -0.4 is 5.11 Å². The smallest absolute Gasteiger partial charge is 0.166 e. The molecule has 26 heavy (non-hydrogen) atoms. The van der Waals surface area contributed by atoms with Gasteiger partial charge < -0.3 is 9.90 Å². The van der Waals surface area contributed by atoms with Crippen LogP contribution in [-0.4, -0.2) is 5.97 Å². The van der Waals surface area contributed by atoms with Crippen molar-refractivity contribution in [1.82, 2.24) is 0 Å². The van der Waals surface area contributed by atoms with Crippen molar-refractivity contribution in [3.8, 4) is 0 Å². The van der Waals surface area contributed by atoms with Crippen LogP contribution in [0.15, 0.2) is 99.6 Å². The molecule has 3 aromatic rings. The lowest BCUT2D eigenvalue weighted by atomic mass is 10.0. The monoisotopic (exact) mass is 364 g/mol. The Morgan fingerprint density at radius 3 is 1.42 bits per heavy atom. The number of carbonyl (C=O) groups is 1. The molecule has 0 radical (unpaired) electrons. The van der Waals surface area contributed by atoms with E-state index in [-0.39, 0.29) is 10.9 Å². The van der Waals surface area contributed by atoms with E-state index < -0.39 is 5.97 Å². The van der Waals surface area contributed by atoms with Gasteiger partial charge >= 0.3 is 0 Å². The molecule has 0 aliphatic heterocycles. The Bertz CT molecular complexity index is 753. The summed E-state index contributed by atoms with van der Waals surface area (Å²) in [5, 5.41) is 8.89.